The van der Waals surface area contributed by atoms with Crippen LogP contribution < -0.4 is 15.4 Å². The van der Waals surface area contributed by atoms with E-state index in [2.05, 4.69) is 14.8 Å². The Kier molecular flexibility index (Phi) is 5.95. The summed E-state index contributed by atoms with van der Waals surface area (Å²) in [6.07, 6.45) is 6.78. The molecule has 1 aromatic rings. The molecule has 146 valence electrons. The zero-order valence-corrected chi connectivity index (χ0v) is 15.9. The Morgan fingerprint density at radius 3 is 2.85 bits per heavy atom. The maximum atomic E-state index is 11.5. The first-order valence-electron chi connectivity index (χ1n) is 9.29. The molecule has 1 unspecified atom stereocenters. The molecule has 2 heterocycles. The summed E-state index contributed by atoms with van der Waals surface area (Å²) in [7, 11) is 3.11. The third kappa shape index (κ3) is 3.90. The lowest BCUT2D eigenvalue weighted by molar-refractivity contribution is -0.385. The molecule has 2 aliphatic rings. The van der Waals surface area contributed by atoms with Gasteiger partial charge in [-0.2, -0.15) is 0 Å². The molecular weight excluding hydrogens is 346 g/mol. The van der Waals surface area contributed by atoms with Crippen LogP contribution in [0.4, 0.5) is 11.4 Å². The van der Waals surface area contributed by atoms with E-state index in [0.717, 1.165) is 31.9 Å². The zero-order chi connectivity index (χ0) is 19.4. The minimum Gasteiger partial charge on any atom is -0.490 e. The fourth-order valence-electron chi connectivity index (χ4n) is 4.07. The number of fused-ring (bicyclic) bond motifs is 1. The van der Waals surface area contributed by atoms with Crippen molar-refractivity contribution in [1.82, 2.24) is 4.90 Å². The number of aliphatic imine (C=N–C) groups is 1. The number of anilines is 1. The van der Waals surface area contributed by atoms with Crippen molar-refractivity contribution in [3.8, 4) is 5.75 Å². The number of piperidine rings is 1. The van der Waals surface area contributed by atoms with Gasteiger partial charge in [-0.1, -0.05) is 6.42 Å². The van der Waals surface area contributed by atoms with Gasteiger partial charge >= 0.3 is 5.69 Å². The molecule has 2 saturated heterocycles. The lowest BCUT2D eigenvalue weighted by Gasteiger charge is -2.45. The van der Waals surface area contributed by atoms with Gasteiger partial charge in [0.2, 0.25) is 0 Å². The lowest BCUT2D eigenvalue weighted by atomic mass is 9.97. The molecule has 8 nitrogen and oxygen atoms in total. The molecule has 0 spiro atoms. The topological polar surface area (TPSA) is 97.2 Å². The van der Waals surface area contributed by atoms with Crippen molar-refractivity contribution < 1.29 is 9.66 Å². The van der Waals surface area contributed by atoms with Gasteiger partial charge in [-0.25, -0.2) is 0 Å². The van der Waals surface area contributed by atoms with Gasteiger partial charge in [-0.05, 0) is 19.4 Å². The van der Waals surface area contributed by atoms with Gasteiger partial charge in [-0.3, -0.25) is 20.0 Å². The van der Waals surface area contributed by atoms with E-state index < -0.39 is 4.92 Å². The number of methoxy groups -OCH3 is 1. The summed E-state index contributed by atoms with van der Waals surface area (Å²) in [4.78, 5) is 20.0. The van der Waals surface area contributed by atoms with Gasteiger partial charge in [-0.15, -0.1) is 0 Å². The maximum Gasteiger partial charge on any atom is 0.311 e. The van der Waals surface area contributed by atoms with Crippen molar-refractivity contribution in [2.75, 3.05) is 45.2 Å². The number of hydrogen-bond donors (Lipinski definition) is 1. The van der Waals surface area contributed by atoms with Crippen molar-refractivity contribution >= 4 is 23.2 Å². The molecule has 2 fully saturated rings. The number of benzene rings is 1. The molecular formula is C19H27N5O3. The summed E-state index contributed by atoms with van der Waals surface area (Å²) in [6.45, 7) is 3.92. The first kappa shape index (κ1) is 19.2. The van der Waals surface area contributed by atoms with E-state index in [1.54, 1.807) is 25.4 Å². The number of nitro benzene ring substituents is 1. The first-order chi connectivity index (χ1) is 13.1. The quantitative estimate of drug-likeness (QED) is 0.483. The highest BCUT2D eigenvalue weighted by molar-refractivity contribution is 6.12. The van der Waals surface area contributed by atoms with Crippen LogP contribution in [0, 0.1) is 10.1 Å². The van der Waals surface area contributed by atoms with Crippen LogP contribution in [0.15, 0.2) is 23.3 Å². The second kappa shape index (κ2) is 8.39. The minimum atomic E-state index is -0.428. The normalized spacial score (nSPS) is 21.3. The molecule has 2 aliphatic heterocycles. The summed E-state index contributed by atoms with van der Waals surface area (Å²) < 4.78 is 5.31. The van der Waals surface area contributed by atoms with E-state index >= 15 is 0 Å². The fourth-order valence-corrected chi connectivity index (χ4v) is 4.07. The van der Waals surface area contributed by atoms with E-state index in [0.29, 0.717) is 17.2 Å². The molecule has 0 bridgehead atoms. The van der Waals surface area contributed by atoms with Gasteiger partial charge < -0.3 is 15.4 Å². The van der Waals surface area contributed by atoms with Gasteiger partial charge in [0.25, 0.3) is 0 Å². The Balaban J connectivity index is 2.05. The minimum absolute atomic E-state index is 0.0728. The molecule has 1 aromatic carbocycles. The number of ether oxygens (including phenoxy) is 1. The van der Waals surface area contributed by atoms with Crippen LogP contribution in [0.5, 0.6) is 5.75 Å². The Labute approximate surface area is 159 Å². The van der Waals surface area contributed by atoms with E-state index in [1.807, 2.05) is 0 Å². The number of allylic oxidation sites excluding steroid dienone is 1. The summed E-state index contributed by atoms with van der Waals surface area (Å²) in [6, 6.07) is 3.83. The van der Waals surface area contributed by atoms with Crippen molar-refractivity contribution in [3.05, 3.63) is 34.0 Å². The second-order valence-electron chi connectivity index (χ2n) is 6.94. The van der Waals surface area contributed by atoms with Crippen LogP contribution in [0.3, 0.4) is 0 Å². The summed E-state index contributed by atoms with van der Waals surface area (Å²) in [5.74, 6) is 0.259. The fraction of sp³-hybridized carbons (Fsp3) is 0.526. The number of nitrogens with two attached hydrogens (primary N) is 1. The largest absolute Gasteiger partial charge is 0.490 e. The third-order valence-corrected chi connectivity index (χ3v) is 5.43. The van der Waals surface area contributed by atoms with Crippen molar-refractivity contribution in [2.45, 2.75) is 25.3 Å². The highest BCUT2D eigenvalue weighted by Gasteiger charge is 2.31. The second-order valence-corrected chi connectivity index (χ2v) is 6.94. The smallest absolute Gasteiger partial charge is 0.311 e. The van der Waals surface area contributed by atoms with E-state index in [9.17, 15) is 10.1 Å². The van der Waals surface area contributed by atoms with Gasteiger partial charge in [0.1, 0.15) is 0 Å². The van der Waals surface area contributed by atoms with Gasteiger partial charge in [0, 0.05) is 74.1 Å². The Bertz CT molecular complexity index is 762. The maximum absolute atomic E-state index is 11.5. The summed E-state index contributed by atoms with van der Waals surface area (Å²) in [5, 5.41) is 11.5. The molecule has 3 rings (SSSR count). The predicted octanol–water partition coefficient (Wildman–Crippen LogP) is 2.28. The molecule has 0 amide bonds. The third-order valence-electron chi connectivity index (χ3n) is 5.43. The van der Waals surface area contributed by atoms with Crippen molar-refractivity contribution in [3.63, 3.8) is 0 Å². The molecule has 0 radical (unpaired) electrons. The molecule has 0 aromatic heterocycles. The Hall–Kier alpha value is -2.61. The number of nitro groups is 1. The first-order valence-corrected chi connectivity index (χ1v) is 9.29. The molecule has 2 N–H and O–H groups in total. The zero-order valence-electron chi connectivity index (χ0n) is 15.9. The molecule has 0 aliphatic carbocycles. The van der Waals surface area contributed by atoms with Crippen LogP contribution in [0.2, 0.25) is 0 Å². The van der Waals surface area contributed by atoms with Crippen LogP contribution in [0.25, 0.3) is 5.57 Å². The number of hydrogen-bond acceptors (Lipinski definition) is 7. The number of piperazine rings is 1. The monoisotopic (exact) mass is 373 g/mol. The predicted molar refractivity (Wildman–Crippen MR) is 108 cm³/mol. The van der Waals surface area contributed by atoms with Crippen molar-refractivity contribution in [1.29, 1.82) is 0 Å². The highest BCUT2D eigenvalue weighted by Crippen LogP contribution is 2.39. The van der Waals surface area contributed by atoms with Crippen LogP contribution in [-0.2, 0) is 0 Å². The SMILES string of the molecule is CN=CC(=CN)c1cc([N+](=O)[O-])c(OC)cc1N1CCN2CCCCC2C1. The number of nitrogens with zero attached hydrogens (tertiary/aromatic N) is 4. The van der Waals surface area contributed by atoms with Crippen LogP contribution in [0.1, 0.15) is 24.8 Å². The summed E-state index contributed by atoms with van der Waals surface area (Å²) in [5.41, 5.74) is 8.01. The van der Waals surface area contributed by atoms with Crippen molar-refractivity contribution in [2.24, 2.45) is 10.7 Å². The summed E-state index contributed by atoms with van der Waals surface area (Å²) >= 11 is 0. The number of rotatable bonds is 5. The van der Waals surface area contributed by atoms with Gasteiger partial charge in [0.15, 0.2) is 5.75 Å². The molecule has 8 heteroatoms. The van der Waals surface area contributed by atoms with Crippen LogP contribution in [-0.4, -0.2) is 62.4 Å². The van der Waals surface area contributed by atoms with E-state index in [1.165, 1.54) is 32.6 Å². The van der Waals surface area contributed by atoms with E-state index in [-0.39, 0.29) is 11.4 Å². The average molecular weight is 373 g/mol. The highest BCUT2D eigenvalue weighted by atomic mass is 16.6. The Morgan fingerprint density at radius 1 is 1.37 bits per heavy atom. The van der Waals surface area contributed by atoms with Crippen LogP contribution >= 0.6 is 0 Å². The molecule has 0 saturated carbocycles. The standard InChI is InChI=1S/C19H27N5O3/c1-21-12-14(11-20)16-9-18(24(25)26)19(27-2)10-17(16)23-8-7-22-6-4-3-5-15(22)13-23/h9-12,15H,3-8,13,20H2,1-2H3. The average Bonchev–Trinajstić information content (AvgIpc) is 2.70. The van der Waals surface area contributed by atoms with E-state index in [4.69, 9.17) is 10.5 Å². The lowest BCUT2D eigenvalue weighted by Crippen LogP contribution is -2.55. The Morgan fingerprint density at radius 2 is 2.19 bits per heavy atom. The molecule has 27 heavy (non-hydrogen) atoms. The van der Waals surface area contributed by atoms with Gasteiger partial charge in [0.05, 0.1) is 12.0 Å². The molecule has 1 atom stereocenters.